The molecule has 2 aromatic rings. The van der Waals surface area contributed by atoms with E-state index in [9.17, 15) is 14.4 Å². The van der Waals surface area contributed by atoms with Crippen molar-refractivity contribution in [2.45, 2.75) is 31.6 Å². The van der Waals surface area contributed by atoms with Gasteiger partial charge in [0, 0.05) is 17.8 Å². The monoisotopic (exact) mass is 479 g/mol. The van der Waals surface area contributed by atoms with Crippen molar-refractivity contribution in [3.8, 4) is 0 Å². The Kier molecular flexibility index (Phi) is 6.12. The van der Waals surface area contributed by atoms with E-state index in [0.29, 0.717) is 19.8 Å². The van der Waals surface area contributed by atoms with Crippen LogP contribution in [0.2, 0.25) is 0 Å². The second kappa shape index (κ2) is 9.07. The van der Waals surface area contributed by atoms with E-state index in [2.05, 4.69) is 4.90 Å². The smallest absolute Gasteiger partial charge is 0.310 e. The second-order valence-electron chi connectivity index (χ2n) is 9.06. The van der Waals surface area contributed by atoms with E-state index < -0.39 is 4.87 Å². The summed E-state index contributed by atoms with van der Waals surface area (Å²) in [6.45, 7) is 5.94. The van der Waals surface area contributed by atoms with Crippen molar-refractivity contribution in [1.29, 1.82) is 0 Å². The molecule has 2 saturated heterocycles. The fourth-order valence-corrected chi connectivity index (χ4v) is 6.59. The zero-order chi connectivity index (χ0) is 23.9. The van der Waals surface area contributed by atoms with E-state index in [1.807, 2.05) is 62.4 Å². The molecule has 3 aliphatic heterocycles. The van der Waals surface area contributed by atoms with Gasteiger partial charge in [-0.15, -0.1) is 11.8 Å². The second-order valence-corrected chi connectivity index (χ2v) is 10.2. The first-order valence-corrected chi connectivity index (χ1v) is 12.8. The van der Waals surface area contributed by atoms with Crippen molar-refractivity contribution in [2.75, 3.05) is 41.9 Å². The zero-order valence-corrected chi connectivity index (χ0v) is 20.3. The predicted octanol–water partition coefficient (Wildman–Crippen LogP) is 3.51. The quantitative estimate of drug-likeness (QED) is 0.612. The number of thioether (sulfide) groups is 1. The number of carbonyl (C=O) groups excluding carboxylic acids is 3. The average molecular weight is 480 g/mol. The largest absolute Gasteiger partial charge is 0.466 e. The first kappa shape index (κ1) is 22.9. The van der Waals surface area contributed by atoms with Crippen molar-refractivity contribution < 1.29 is 19.1 Å². The van der Waals surface area contributed by atoms with Crippen LogP contribution in [-0.4, -0.2) is 54.8 Å². The van der Waals surface area contributed by atoms with Gasteiger partial charge in [0.1, 0.15) is 0 Å². The van der Waals surface area contributed by atoms with Gasteiger partial charge in [-0.1, -0.05) is 35.9 Å². The minimum Gasteiger partial charge on any atom is -0.466 e. The van der Waals surface area contributed by atoms with Crippen LogP contribution in [0.1, 0.15) is 30.9 Å². The molecule has 0 bridgehead atoms. The molecular formula is C26H29N3O4S. The van der Waals surface area contributed by atoms with E-state index in [-0.39, 0.29) is 29.5 Å². The molecule has 178 valence electrons. The van der Waals surface area contributed by atoms with Crippen LogP contribution < -0.4 is 9.80 Å². The maximum atomic E-state index is 14.2. The minimum atomic E-state index is -1.11. The van der Waals surface area contributed by atoms with E-state index in [1.54, 1.807) is 9.80 Å². The number of para-hydroxylation sites is 1. The number of hydrogen-bond acceptors (Lipinski definition) is 6. The Balaban J connectivity index is 1.48. The van der Waals surface area contributed by atoms with Gasteiger partial charge in [0.2, 0.25) is 10.8 Å². The van der Waals surface area contributed by atoms with Gasteiger partial charge in [-0.05, 0) is 51.4 Å². The maximum absolute atomic E-state index is 14.2. The summed E-state index contributed by atoms with van der Waals surface area (Å²) in [5.41, 5.74) is 3.49. The average Bonchev–Trinajstić information content (AvgIpc) is 3.31. The normalized spacial score (nSPS) is 24.7. The molecule has 0 radical (unpaired) electrons. The number of aryl methyl sites for hydroxylation is 1. The summed E-state index contributed by atoms with van der Waals surface area (Å²) in [4.78, 5) is 44.1. The summed E-state index contributed by atoms with van der Waals surface area (Å²) in [6, 6.07) is 15.5. The molecular weight excluding hydrogens is 450 g/mol. The van der Waals surface area contributed by atoms with Crippen molar-refractivity contribution >= 4 is 40.9 Å². The lowest BCUT2D eigenvalue weighted by molar-refractivity contribution is -0.149. The lowest BCUT2D eigenvalue weighted by Crippen LogP contribution is -2.52. The third kappa shape index (κ3) is 3.69. The van der Waals surface area contributed by atoms with Crippen LogP contribution in [-0.2, 0) is 24.0 Å². The van der Waals surface area contributed by atoms with Crippen molar-refractivity contribution in [2.24, 2.45) is 5.92 Å². The van der Waals surface area contributed by atoms with Gasteiger partial charge in [-0.3, -0.25) is 29.1 Å². The van der Waals surface area contributed by atoms with Gasteiger partial charge in [-0.25, -0.2) is 0 Å². The highest BCUT2D eigenvalue weighted by molar-refractivity contribution is 8.02. The highest BCUT2D eigenvalue weighted by Crippen LogP contribution is 2.55. The molecule has 2 atom stereocenters. The number of carbonyl (C=O) groups is 3. The number of likely N-dealkylation sites (tertiary alicyclic amines) is 1. The molecule has 34 heavy (non-hydrogen) atoms. The third-order valence-corrected chi connectivity index (χ3v) is 8.21. The molecule has 3 aliphatic rings. The number of ether oxygens (including phenoxy) is 1. The highest BCUT2D eigenvalue weighted by Gasteiger charge is 2.61. The summed E-state index contributed by atoms with van der Waals surface area (Å²) in [6.07, 6.45) is 1.68. The van der Waals surface area contributed by atoms with Gasteiger partial charge >= 0.3 is 5.97 Å². The summed E-state index contributed by atoms with van der Waals surface area (Å²) < 4.78 is 5.24. The van der Waals surface area contributed by atoms with Gasteiger partial charge in [0.25, 0.3) is 5.91 Å². The molecule has 0 aliphatic carbocycles. The van der Waals surface area contributed by atoms with E-state index in [4.69, 9.17) is 4.74 Å². The van der Waals surface area contributed by atoms with Crippen molar-refractivity contribution in [3.63, 3.8) is 0 Å². The van der Waals surface area contributed by atoms with Crippen molar-refractivity contribution in [1.82, 2.24) is 4.90 Å². The molecule has 2 fully saturated rings. The molecule has 2 unspecified atom stereocenters. The Bertz CT molecular complexity index is 1120. The van der Waals surface area contributed by atoms with Crippen LogP contribution in [0.4, 0.5) is 11.4 Å². The molecule has 3 heterocycles. The highest BCUT2D eigenvalue weighted by atomic mass is 32.2. The maximum Gasteiger partial charge on any atom is 0.310 e. The van der Waals surface area contributed by atoms with Crippen LogP contribution in [0.15, 0.2) is 48.5 Å². The molecule has 2 amide bonds. The zero-order valence-electron chi connectivity index (χ0n) is 19.5. The van der Waals surface area contributed by atoms with Crippen LogP contribution in [0.5, 0.6) is 0 Å². The Morgan fingerprint density at radius 2 is 1.91 bits per heavy atom. The summed E-state index contributed by atoms with van der Waals surface area (Å²) in [5.74, 6) is -0.278. The first-order valence-electron chi connectivity index (χ1n) is 11.8. The fourth-order valence-electron chi connectivity index (χ4n) is 5.23. The summed E-state index contributed by atoms with van der Waals surface area (Å²) >= 11 is 1.39. The topological polar surface area (TPSA) is 70.2 Å². The number of fused-ring (bicyclic) bond motifs is 2. The number of benzene rings is 2. The first-order chi connectivity index (χ1) is 16.5. The number of rotatable bonds is 5. The Morgan fingerprint density at radius 3 is 2.68 bits per heavy atom. The molecule has 0 saturated carbocycles. The van der Waals surface area contributed by atoms with E-state index >= 15 is 0 Å². The number of hydrogen-bond donors (Lipinski definition) is 0. The lowest BCUT2D eigenvalue weighted by Gasteiger charge is -2.36. The molecule has 5 rings (SSSR count). The molecule has 0 N–H and O–H groups in total. The fraction of sp³-hybridized carbons (Fsp3) is 0.423. The minimum absolute atomic E-state index is 0.0702. The molecule has 2 aromatic carbocycles. The van der Waals surface area contributed by atoms with Gasteiger partial charge in [-0.2, -0.15) is 0 Å². The van der Waals surface area contributed by atoms with Crippen LogP contribution in [0.3, 0.4) is 0 Å². The molecule has 8 heteroatoms. The van der Waals surface area contributed by atoms with Gasteiger partial charge in [0.15, 0.2) is 0 Å². The third-order valence-electron chi connectivity index (χ3n) is 6.82. The SMILES string of the molecule is CCOC(=O)C1CCCN(CN2C(=O)C3(SCC(=O)N3c3ccc(C)cc3)c3ccccc32)C1. The molecule has 1 spiro atoms. The van der Waals surface area contributed by atoms with Crippen LogP contribution in [0, 0.1) is 12.8 Å². The van der Waals surface area contributed by atoms with E-state index in [1.165, 1.54) is 11.8 Å². The lowest BCUT2D eigenvalue weighted by atomic mass is 9.98. The molecule has 0 aromatic heterocycles. The van der Waals surface area contributed by atoms with Crippen LogP contribution >= 0.6 is 11.8 Å². The standard InChI is InChI=1S/C26H29N3O4S/c1-3-33-24(31)19-7-6-14-27(15-19)17-28-22-9-5-4-8-21(22)26(25(28)32)29(23(30)16-34-26)20-12-10-18(2)11-13-20/h4-5,8-13,19H,3,6-7,14-17H2,1-2H3. The van der Waals surface area contributed by atoms with E-state index in [0.717, 1.165) is 41.9 Å². The number of esters is 1. The Labute approximate surface area is 204 Å². The molecule has 7 nitrogen and oxygen atoms in total. The number of piperidine rings is 1. The Morgan fingerprint density at radius 1 is 1.15 bits per heavy atom. The summed E-state index contributed by atoms with van der Waals surface area (Å²) in [5, 5.41) is 0. The van der Waals surface area contributed by atoms with Crippen molar-refractivity contribution in [3.05, 3.63) is 59.7 Å². The number of nitrogens with zero attached hydrogens (tertiary/aromatic N) is 3. The number of amides is 2. The predicted molar refractivity (Wildman–Crippen MR) is 133 cm³/mol. The van der Waals surface area contributed by atoms with Gasteiger partial charge < -0.3 is 4.74 Å². The number of anilines is 2. The Hall–Kier alpha value is -2.84. The van der Waals surface area contributed by atoms with Gasteiger partial charge in [0.05, 0.1) is 30.6 Å². The van der Waals surface area contributed by atoms with Crippen LogP contribution in [0.25, 0.3) is 0 Å². The summed E-state index contributed by atoms with van der Waals surface area (Å²) in [7, 11) is 0.